The topological polar surface area (TPSA) is 47.3 Å². The standard InChI is InChI=1S/C10H16N2OS/c1-7-8(4-5-13-7)10(12-11)9-3-2-6-14-9/h2-3,6-8,10,12H,4-5,11H2,1H3. The molecule has 0 bridgehead atoms. The average Bonchev–Trinajstić information content (AvgIpc) is 2.80. The molecule has 3 unspecified atom stereocenters. The second-order valence-corrected chi connectivity index (χ2v) is 4.67. The van der Waals surface area contributed by atoms with E-state index in [0.717, 1.165) is 13.0 Å². The van der Waals surface area contributed by atoms with Crippen molar-refractivity contribution in [3.63, 3.8) is 0 Å². The summed E-state index contributed by atoms with van der Waals surface area (Å²) in [6, 6.07) is 4.43. The van der Waals surface area contributed by atoms with Gasteiger partial charge in [-0.25, -0.2) is 0 Å². The Labute approximate surface area is 88.2 Å². The van der Waals surface area contributed by atoms with E-state index >= 15 is 0 Å². The molecule has 3 N–H and O–H groups in total. The number of hydrazine groups is 1. The zero-order valence-electron chi connectivity index (χ0n) is 8.27. The van der Waals surface area contributed by atoms with Crippen molar-refractivity contribution in [3.8, 4) is 0 Å². The van der Waals surface area contributed by atoms with E-state index in [-0.39, 0.29) is 6.04 Å². The molecule has 0 spiro atoms. The van der Waals surface area contributed by atoms with Crippen molar-refractivity contribution >= 4 is 11.3 Å². The van der Waals surface area contributed by atoms with Crippen LogP contribution in [0.15, 0.2) is 17.5 Å². The average molecular weight is 212 g/mol. The highest BCUT2D eigenvalue weighted by atomic mass is 32.1. The number of nitrogens with one attached hydrogen (secondary N) is 1. The first-order valence-corrected chi connectivity index (χ1v) is 5.82. The van der Waals surface area contributed by atoms with Crippen molar-refractivity contribution in [3.05, 3.63) is 22.4 Å². The highest BCUT2D eigenvalue weighted by Crippen LogP contribution is 2.34. The summed E-state index contributed by atoms with van der Waals surface area (Å²) in [6.07, 6.45) is 1.40. The minimum Gasteiger partial charge on any atom is -0.378 e. The minimum atomic E-state index is 0.243. The van der Waals surface area contributed by atoms with E-state index in [0.29, 0.717) is 12.0 Å². The van der Waals surface area contributed by atoms with Gasteiger partial charge in [-0.05, 0) is 24.8 Å². The van der Waals surface area contributed by atoms with Gasteiger partial charge in [-0.15, -0.1) is 11.3 Å². The highest BCUT2D eigenvalue weighted by molar-refractivity contribution is 7.10. The molecule has 14 heavy (non-hydrogen) atoms. The molecule has 3 nitrogen and oxygen atoms in total. The lowest BCUT2D eigenvalue weighted by Crippen LogP contribution is -2.35. The van der Waals surface area contributed by atoms with E-state index in [1.54, 1.807) is 11.3 Å². The van der Waals surface area contributed by atoms with Gasteiger partial charge in [-0.3, -0.25) is 11.3 Å². The van der Waals surface area contributed by atoms with Gasteiger partial charge in [0.25, 0.3) is 0 Å². The van der Waals surface area contributed by atoms with Gasteiger partial charge in [0.15, 0.2) is 0 Å². The van der Waals surface area contributed by atoms with Crippen molar-refractivity contribution < 1.29 is 4.74 Å². The lowest BCUT2D eigenvalue weighted by atomic mass is 9.93. The summed E-state index contributed by atoms with van der Waals surface area (Å²) in [5, 5.41) is 2.08. The van der Waals surface area contributed by atoms with E-state index in [9.17, 15) is 0 Å². The van der Waals surface area contributed by atoms with Crippen LogP contribution in [0.5, 0.6) is 0 Å². The van der Waals surface area contributed by atoms with Crippen LogP contribution in [0.2, 0.25) is 0 Å². The monoisotopic (exact) mass is 212 g/mol. The molecule has 0 saturated carbocycles. The Morgan fingerprint density at radius 3 is 3.07 bits per heavy atom. The number of thiophene rings is 1. The predicted molar refractivity (Wildman–Crippen MR) is 57.9 cm³/mol. The molecule has 2 heterocycles. The molecule has 0 radical (unpaired) electrons. The molecule has 3 atom stereocenters. The fourth-order valence-electron chi connectivity index (χ4n) is 2.07. The van der Waals surface area contributed by atoms with Crippen LogP contribution >= 0.6 is 11.3 Å². The lowest BCUT2D eigenvalue weighted by molar-refractivity contribution is 0.0958. The summed E-state index contributed by atoms with van der Waals surface area (Å²) in [5.74, 6) is 6.11. The third-order valence-corrected chi connectivity index (χ3v) is 3.85. The van der Waals surface area contributed by atoms with E-state index in [2.05, 4.69) is 29.9 Å². The van der Waals surface area contributed by atoms with Crippen LogP contribution in [0.3, 0.4) is 0 Å². The van der Waals surface area contributed by atoms with Gasteiger partial charge in [-0.1, -0.05) is 6.07 Å². The zero-order chi connectivity index (χ0) is 9.97. The summed E-state index contributed by atoms with van der Waals surface area (Å²) < 4.78 is 5.56. The van der Waals surface area contributed by atoms with Gasteiger partial charge in [0.1, 0.15) is 0 Å². The Balaban J connectivity index is 2.13. The Morgan fingerprint density at radius 1 is 1.71 bits per heavy atom. The molecular formula is C10H16N2OS. The normalized spacial score (nSPS) is 29.3. The summed E-state index contributed by atoms with van der Waals surface area (Å²) in [5.41, 5.74) is 2.91. The number of hydrogen-bond donors (Lipinski definition) is 2. The van der Waals surface area contributed by atoms with Gasteiger partial charge < -0.3 is 4.74 Å². The molecular weight excluding hydrogens is 196 g/mol. The van der Waals surface area contributed by atoms with E-state index in [1.807, 2.05) is 0 Å². The van der Waals surface area contributed by atoms with Crippen LogP contribution in [-0.4, -0.2) is 12.7 Å². The molecule has 1 fully saturated rings. The molecule has 4 heteroatoms. The minimum absolute atomic E-state index is 0.243. The quantitative estimate of drug-likeness (QED) is 0.592. The highest BCUT2D eigenvalue weighted by Gasteiger charge is 2.32. The van der Waals surface area contributed by atoms with Crippen LogP contribution < -0.4 is 11.3 Å². The third kappa shape index (κ3) is 1.83. The van der Waals surface area contributed by atoms with Crippen LogP contribution in [0, 0.1) is 5.92 Å². The van der Waals surface area contributed by atoms with Gasteiger partial charge in [0.05, 0.1) is 12.1 Å². The SMILES string of the molecule is CC1OCCC1C(NN)c1cccs1. The van der Waals surface area contributed by atoms with Crippen molar-refractivity contribution in [1.29, 1.82) is 0 Å². The Bertz CT molecular complexity index is 276. The maximum absolute atomic E-state index is 5.61. The number of ether oxygens (including phenoxy) is 1. The second-order valence-electron chi connectivity index (χ2n) is 3.69. The van der Waals surface area contributed by atoms with Crippen LogP contribution in [0.1, 0.15) is 24.3 Å². The summed E-state index contributed by atoms with van der Waals surface area (Å²) >= 11 is 1.75. The first-order valence-electron chi connectivity index (χ1n) is 4.94. The molecule has 1 aliphatic rings. The van der Waals surface area contributed by atoms with Gasteiger partial charge in [0.2, 0.25) is 0 Å². The van der Waals surface area contributed by atoms with Crippen LogP contribution in [-0.2, 0) is 4.74 Å². The van der Waals surface area contributed by atoms with Crippen molar-refractivity contribution in [2.45, 2.75) is 25.5 Å². The number of rotatable bonds is 3. The van der Waals surface area contributed by atoms with Gasteiger partial charge in [0, 0.05) is 17.4 Å². The first kappa shape index (κ1) is 10.1. The molecule has 1 aromatic rings. The van der Waals surface area contributed by atoms with E-state index in [1.165, 1.54) is 4.88 Å². The smallest absolute Gasteiger partial charge is 0.0606 e. The molecule has 0 aromatic carbocycles. The number of nitrogens with two attached hydrogens (primary N) is 1. The van der Waals surface area contributed by atoms with Crippen LogP contribution in [0.25, 0.3) is 0 Å². The number of hydrogen-bond acceptors (Lipinski definition) is 4. The summed E-state index contributed by atoms with van der Waals surface area (Å²) in [7, 11) is 0. The molecule has 78 valence electrons. The summed E-state index contributed by atoms with van der Waals surface area (Å²) in [4.78, 5) is 1.30. The van der Waals surface area contributed by atoms with Gasteiger partial charge >= 0.3 is 0 Å². The van der Waals surface area contributed by atoms with Crippen molar-refractivity contribution in [2.24, 2.45) is 11.8 Å². The maximum Gasteiger partial charge on any atom is 0.0606 e. The zero-order valence-corrected chi connectivity index (χ0v) is 9.09. The maximum atomic E-state index is 5.61. The largest absolute Gasteiger partial charge is 0.378 e. The fraction of sp³-hybridized carbons (Fsp3) is 0.600. The summed E-state index contributed by atoms with van der Waals surface area (Å²) in [6.45, 7) is 2.98. The molecule has 0 aliphatic carbocycles. The molecule has 0 amide bonds. The molecule has 1 aromatic heterocycles. The Morgan fingerprint density at radius 2 is 2.57 bits per heavy atom. The van der Waals surface area contributed by atoms with Gasteiger partial charge in [-0.2, -0.15) is 0 Å². The molecule has 1 saturated heterocycles. The fourth-order valence-corrected chi connectivity index (χ4v) is 2.93. The Kier molecular flexibility index (Phi) is 3.18. The lowest BCUT2D eigenvalue weighted by Gasteiger charge is -2.23. The molecule has 1 aliphatic heterocycles. The van der Waals surface area contributed by atoms with E-state index < -0.39 is 0 Å². The van der Waals surface area contributed by atoms with Crippen molar-refractivity contribution in [2.75, 3.05) is 6.61 Å². The first-order chi connectivity index (χ1) is 6.83. The van der Waals surface area contributed by atoms with Crippen molar-refractivity contribution in [1.82, 2.24) is 5.43 Å². The molecule has 2 rings (SSSR count). The van der Waals surface area contributed by atoms with E-state index in [4.69, 9.17) is 10.6 Å². The Hall–Kier alpha value is -0.420. The van der Waals surface area contributed by atoms with Crippen LogP contribution in [0.4, 0.5) is 0 Å². The predicted octanol–water partition coefficient (Wildman–Crippen LogP) is 1.68. The second kappa shape index (κ2) is 4.40. The third-order valence-electron chi connectivity index (χ3n) is 2.89.